The third kappa shape index (κ3) is 1.82. The zero-order chi connectivity index (χ0) is 14.4. The van der Waals surface area contributed by atoms with E-state index in [9.17, 15) is 0 Å². The Balaban J connectivity index is 1.85. The van der Waals surface area contributed by atoms with Crippen LogP contribution >= 0.6 is 15.9 Å². The minimum Gasteiger partial charge on any atom is -0.369 e. The van der Waals surface area contributed by atoms with Crippen LogP contribution in [-0.4, -0.2) is 12.5 Å². The molecule has 2 aromatic carbocycles. The van der Waals surface area contributed by atoms with Crippen molar-refractivity contribution < 1.29 is 0 Å². The summed E-state index contributed by atoms with van der Waals surface area (Å²) in [6.45, 7) is 0.742. The van der Waals surface area contributed by atoms with Crippen molar-refractivity contribution in [1.82, 2.24) is 0 Å². The summed E-state index contributed by atoms with van der Waals surface area (Å²) in [5.41, 5.74) is 10.0. The number of guanidine groups is 1. The highest BCUT2D eigenvalue weighted by molar-refractivity contribution is 9.10. The van der Waals surface area contributed by atoms with Crippen LogP contribution in [0.4, 0.5) is 5.69 Å². The topological polar surface area (TPSA) is 41.6 Å². The van der Waals surface area contributed by atoms with Crippen LogP contribution in [0.1, 0.15) is 17.5 Å². The molecular weight excluding hydrogens is 326 g/mol. The number of rotatable bonds is 1. The second kappa shape index (κ2) is 4.60. The van der Waals surface area contributed by atoms with Gasteiger partial charge in [0.05, 0.1) is 12.1 Å². The summed E-state index contributed by atoms with van der Waals surface area (Å²) in [4.78, 5) is 6.77. The molecule has 21 heavy (non-hydrogen) atoms. The molecule has 2 N–H and O–H groups in total. The number of nitrogens with two attached hydrogens (primary N) is 1. The maximum atomic E-state index is 6.22. The van der Waals surface area contributed by atoms with E-state index in [0.29, 0.717) is 5.96 Å². The molecule has 1 atom stereocenters. The van der Waals surface area contributed by atoms with Crippen LogP contribution in [-0.2, 0) is 12.0 Å². The number of benzene rings is 2. The Labute approximate surface area is 132 Å². The van der Waals surface area contributed by atoms with Crippen LogP contribution in [0.2, 0.25) is 0 Å². The maximum Gasteiger partial charge on any atom is 0.196 e. The summed E-state index contributed by atoms with van der Waals surface area (Å²) < 4.78 is 1.07. The summed E-state index contributed by atoms with van der Waals surface area (Å²) >= 11 is 3.49. The van der Waals surface area contributed by atoms with Crippen LogP contribution in [0.25, 0.3) is 0 Å². The molecule has 2 aromatic rings. The van der Waals surface area contributed by atoms with E-state index in [1.165, 1.54) is 11.1 Å². The number of aryl methyl sites for hydroxylation is 1. The summed E-state index contributed by atoms with van der Waals surface area (Å²) in [7, 11) is 0. The molecule has 4 rings (SSSR count). The Morgan fingerprint density at radius 1 is 1.10 bits per heavy atom. The monoisotopic (exact) mass is 341 g/mol. The lowest BCUT2D eigenvalue weighted by molar-refractivity contribution is 0.476. The molecule has 0 radical (unpaired) electrons. The van der Waals surface area contributed by atoms with Crippen molar-refractivity contribution in [3.05, 3.63) is 64.1 Å². The molecule has 0 saturated heterocycles. The quantitative estimate of drug-likeness (QED) is 0.863. The van der Waals surface area contributed by atoms with Gasteiger partial charge in [0.1, 0.15) is 0 Å². The van der Waals surface area contributed by atoms with Crippen LogP contribution < -0.4 is 10.6 Å². The summed E-state index contributed by atoms with van der Waals surface area (Å²) in [5.74, 6) is 0.619. The van der Waals surface area contributed by atoms with Gasteiger partial charge in [-0.1, -0.05) is 40.2 Å². The normalized spacial score (nSPS) is 23.5. The van der Waals surface area contributed by atoms with Crippen molar-refractivity contribution in [3.63, 3.8) is 0 Å². The first-order valence-corrected chi connectivity index (χ1v) is 7.94. The molecule has 1 aliphatic carbocycles. The first-order chi connectivity index (χ1) is 10.2. The fraction of sp³-hybridized carbons (Fsp3) is 0.235. The fourth-order valence-electron chi connectivity index (χ4n) is 3.61. The van der Waals surface area contributed by atoms with E-state index < -0.39 is 0 Å². The number of halogens is 1. The molecule has 0 saturated carbocycles. The van der Waals surface area contributed by atoms with E-state index in [-0.39, 0.29) is 5.54 Å². The zero-order valence-electron chi connectivity index (χ0n) is 11.6. The van der Waals surface area contributed by atoms with E-state index in [2.05, 4.69) is 74.4 Å². The molecule has 0 bridgehead atoms. The van der Waals surface area contributed by atoms with E-state index >= 15 is 0 Å². The lowest BCUT2D eigenvalue weighted by atomic mass is 9.90. The van der Waals surface area contributed by atoms with Crippen molar-refractivity contribution in [2.75, 3.05) is 11.4 Å². The average Bonchev–Trinajstić information content (AvgIpc) is 3.04. The molecule has 0 amide bonds. The zero-order valence-corrected chi connectivity index (χ0v) is 13.2. The predicted molar refractivity (Wildman–Crippen MR) is 89.6 cm³/mol. The van der Waals surface area contributed by atoms with Gasteiger partial charge in [0, 0.05) is 10.2 Å². The predicted octanol–water partition coefficient (Wildman–Crippen LogP) is 3.43. The van der Waals surface area contributed by atoms with Crippen molar-refractivity contribution in [1.29, 1.82) is 0 Å². The van der Waals surface area contributed by atoms with E-state index in [1.807, 2.05) is 0 Å². The lowest BCUT2D eigenvalue weighted by Gasteiger charge is -2.37. The van der Waals surface area contributed by atoms with Gasteiger partial charge in [-0.05, 0) is 48.2 Å². The Kier molecular flexibility index (Phi) is 2.82. The molecule has 4 heteroatoms. The Bertz CT molecular complexity index is 723. The number of hydrogen-bond acceptors (Lipinski definition) is 3. The molecular formula is C17H16BrN3. The number of aliphatic imine (C=N–C) groups is 1. The third-order valence-electron chi connectivity index (χ3n) is 4.57. The molecule has 1 heterocycles. The first-order valence-electron chi connectivity index (χ1n) is 7.15. The Morgan fingerprint density at radius 3 is 2.67 bits per heavy atom. The van der Waals surface area contributed by atoms with Gasteiger partial charge < -0.3 is 10.6 Å². The lowest BCUT2D eigenvalue weighted by Crippen LogP contribution is -2.48. The smallest absolute Gasteiger partial charge is 0.196 e. The molecule has 0 fully saturated rings. The Morgan fingerprint density at radius 2 is 1.86 bits per heavy atom. The number of anilines is 1. The number of fused-ring (bicyclic) bond motifs is 2. The van der Waals surface area contributed by atoms with Gasteiger partial charge in [-0.2, -0.15) is 0 Å². The van der Waals surface area contributed by atoms with Gasteiger partial charge >= 0.3 is 0 Å². The van der Waals surface area contributed by atoms with Crippen LogP contribution in [0, 0.1) is 0 Å². The van der Waals surface area contributed by atoms with Gasteiger partial charge in [0.2, 0.25) is 0 Å². The van der Waals surface area contributed by atoms with Gasteiger partial charge in [-0.3, -0.25) is 4.99 Å². The van der Waals surface area contributed by atoms with Gasteiger partial charge in [-0.25, -0.2) is 0 Å². The molecule has 0 aromatic heterocycles. The molecule has 2 aliphatic rings. The third-order valence-corrected chi connectivity index (χ3v) is 5.10. The standard InChI is InChI=1S/C17H16BrN3/c18-13-5-7-14(8-6-13)21-16(19)20-11-17(21)10-9-12-3-1-2-4-15(12)17/h1-8H,9-11H2,(H2,19,20). The second-order valence-electron chi connectivity index (χ2n) is 5.67. The summed E-state index contributed by atoms with van der Waals surface area (Å²) in [6.07, 6.45) is 2.15. The van der Waals surface area contributed by atoms with E-state index in [1.54, 1.807) is 0 Å². The number of nitrogens with zero attached hydrogens (tertiary/aromatic N) is 2. The van der Waals surface area contributed by atoms with Gasteiger partial charge in [0.25, 0.3) is 0 Å². The first kappa shape index (κ1) is 12.9. The highest BCUT2D eigenvalue weighted by Crippen LogP contribution is 2.46. The highest BCUT2D eigenvalue weighted by Gasteiger charge is 2.48. The Hall–Kier alpha value is -1.81. The van der Waals surface area contributed by atoms with E-state index in [4.69, 9.17) is 5.73 Å². The second-order valence-corrected chi connectivity index (χ2v) is 6.59. The SMILES string of the molecule is NC1=NCC2(CCc3ccccc32)N1c1ccc(Br)cc1. The molecule has 1 spiro atoms. The number of hydrogen-bond donors (Lipinski definition) is 1. The van der Waals surface area contributed by atoms with Crippen molar-refractivity contribution in [2.45, 2.75) is 18.4 Å². The molecule has 3 nitrogen and oxygen atoms in total. The van der Waals surface area contributed by atoms with Crippen LogP contribution in [0.3, 0.4) is 0 Å². The fourth-order valence-corrected chi connectivity index (χ4v) is 3.87. The van der Waals surface area contributed by atoms with E-state index in [0.717, 1.165) is 29.5 Å². The van der Waals surface area contributed by atoms with Crippen molar-refractivity contribution in [3.8, 4) is 0 Å². The molecule has 1 unspecified atom stereocenters. The van der Waals surface area contributed by atoms with Crippen molar-refractivity contribution in [2.24, 2.45) is 10.7 Å². The average molecular weight is 342 g/mol. The van der Waals surface area contributed by atoms with Crippen molar-refractivity contribution >= 4 is 27.6 Å². The maximum absolute atomic E-state index is 6.22. The van der Waals surface area contributed by atoms with Gasteiger partial charge in [-0.15, -0.1) is 0 Å². The van der Waals surface area contributed by atoms with Crippen LogP contribution in [0.15, 0.2) is 58.0 Å². The summed E-state index contributed by atoms with van der Waals surface area (Å²) in [6, 6.07) is 17.0. The highest BCUT2D eigenvalue weighted by atomic mass is 79.9. The minimum absolute atomic E-state index is 0.103. The molecule has 1 aliphatic heterocycles. The molecule has 106 valence electrons. The van der Waals surface area contributed by atoms with Gasteiger partial charge in [0.15, 0.2) is 5.96 Å². The largest absolute Gasteiger partial charge is 0.369 e. The van der Waals surface area contributed by atoms with Crippen LogP contribution in [0.5, 0.6) is 0 Å². The summed E-state index contributed by atoms with van der Waals surface area (Å²) in [5, 5.41) is 0. The minimum atomic E-state index is -0.103.